The van der Waals surface area contributed by atoms with E-state index in [1.54, 1.807) is 7.05 Å². The topological polar surface area (TPSA) is 79.5 Å². The Labute approximate surface area is 94.8 Å². The number of nitrogens with zero attached hydrogens (tertiary/aromatic N) is 3. The van der Waals surface area contributed by atoms with Crippen LogP contribution in [0.15, 0.2) is 16.7 Å². The smallest absolute Gasteiger partial charge is 0.312 e. The fraction of sp³-hybridized carbons (Fsp3) is 0.375. The molecular formula is C8H10BrN3O3. The quantitative estimate of drug-likeness (QED) is 0.659. The number of pyridine rings is 1. The molecule has 0 aliphatic carbocycles. The molecule has 6 nitrogen and oxygen atoms in total. The van der Waals surface area contributed by atoms with Crippen molar-refractivity contribution in [2.24, 2.45) is 0 Å². The molecule has 0 saturated carbocycles. The maximum Gasteiger partial charge on any atom is 0.312 e. The summed E-state index contributed by atoms with van der Waals surface area (Å²) in [7, 11) is 1.64. The molecule has 0 radical (unpaired) electrons. The highest BCUT2D eigenvalue weighted by molar-refractivity contribution is 9.10. The van der Waals surface area contributed by atoms with Gasteiger partial charge in [-0.2, -0.15) is 0 Å². The summed E-state index contributed by atoms with van der Waals surface area (Å²) in [5.74, 6) is 0.247. The van der Waals surface area contributed by atoms with E-state index in [2.05, 4.69) is 20.9 Å². The van der Waals surface area contributed by atoms with E-state index in [9.17, 15) is 10.1 Å². The zero-order valence-corrected chi connectivity index (χ0v) is 9.64. The van der Waals surface area contributed by atoms with E-state index in [1.165, 1.54) is 17.2 Å². The van der Waals surface area contributed by atoms with E-state index in [-0.39, 0.29) is 18.1 Å². The fourth-order valence-corrected chi connectivity index (χ4v) is 1.42. The van der Waals surface area contributed by atoms with Crippen molar-refractivity contribution in [3.63, 3.8) is 0 Å². The predicted octanol–water partition coefficient (Wildman–Crippen LogP) is 1.18. The van der Waals surface area contributed by atoms with E-state index < -0.39 is 4.92 Å². The lowest BCUT2D eigenvalue weighted by Crippen LogP contribution is -2.23. The Bertz CT molecular complexity index is 372. The third-order valence-corrected chi connectivity index (χ3v) is 2.24. The lowest BCUT2D eigenvalue weighted by Gasteiger charge is -2.16. The molecule has 0 fully saturated rings. The van der Waals surface area contributed by atoms with Crippen LogP contribution in [0.2, 0.25) is 0 Å². The van der Waals surface area contributed by atoms with Crippen molar-refractivity contribution < 1.29 is 10.0 Å². The van der Waals surface area contributed by atoms with Crippen LogP contribution in [0.3, 0.4) is 0 Å². The van der Waals surface area contributed by atoms with E-state index in [1.807, 2.05) is 0 Å². The summed E-state index contributed by atoms with van der Waals surface area (Å²) >= 11 is 3.12. The Kier molecular flexibility index (Phi) is 3.98. The molecule has 0 amide bonds. The van der Waals surface area contributed by atoms with Crippen LogP contribution in [0, 0.1) is 10.1 Å². The lowest BCUT2D eigenvalue weighted by molar-refractivity contribution is -0.384. The van der Waals surface area contributed by atoms with Crippen molar-refractivity contribution in [3.05, 3.63) is 26.9 Å². The summed E-state index contributed by atoms with van der Waals surface area (Å²) in [6.45, 7) is 0.223. The molecule has 1 aromatic rings. The standard InChI is InChI=1S/C8H10BrN3O3/c1-11(2-3-13)8-7(12(14)15)4-6(9)5-10-8/h4-5,13H,2-3H2,1H3. The first-order valence-corrected chi connectivity index (χ1v) is 4.97. The highest BCUT2D eigenvalue weighted by atomic mass is 79.9. The van der Waals surface area contributed by atoms with Gasteiger partial charge in [0, 0.05) is 30.3 Å². The van der Waals surface area contributed by atoms with E-state index in [0.29, 0.717) is 11.0 Å². The van der Waals surface area contributed by atoms with Gasteiger partial charge in [-0.05, 0) is 15.9 Å². The van der Waals surface area contributed by atoms with Crippen LogP contribution in [0.5, 0.6) is 0 Å². The van der Waals surface area contributed by atoms with Crippen LogP contribution >= 0.6 is 15.9 Å². The largest absolute Gasteiger partial charge is 0.395 e. The molecule has 0 bridgehead atoms. The van der Waals surface area contributed by atoms with Crippen LogP contribution in [0.1, 0.15) is 0 Å². The van der Waals surface area contributed by atoms with Crippen molar-refractivity contribution in [1.29, 1.82) is 0 Å². The number of anilines is 1. The number of nitro groups is 1. The molecule has 0 atom stereocenters. The second-order valence-electron chi connectivity index (χ2n) is 2.90. The number of aliphatic hydroxyl groups is 1. The first-order valence-electron chi connectivity index (χ1n) is 4.18. The number of aliphatic hydroxyl groups excluding tert-OH is 1. The predicted molar refractivity (Wildman–Crippen MR) is 58.9 cm³/mol. The molecule has 0 aliphatic heterocycles. The van der Waals surface area contributed by atoms with Gasteiger partial charge in [0.25, 0.3) is 0 Å². The van der Waals surface area contributed by atoms with Crippen LogP contribution in [0.4, 0.5) is 11.5 Å². The Morgan fingerprint density at radius 3 is 2.93 bits per heavy atom. The second kappa shape index (κ2) is 5.04. The fourth-order valence-electron chi connectivity index (χ4n) is 1.11. The summed E-state index contributed by atoms with van der Waals surface area (Å²) in [6, 6.07) is 1.39. The molecule has 0 aliphatic rings. The SMILES string of the molecule is CN(CCO)c1ncc(Br)cc1[N+](=O)[O-]. The van der Waals surface area contributed by atoms with E-state index in [0.717, 1.165) is 0 Å². The second-order valence-corrected chi connectivity index (χ2v) is 3.81. The number of halogens is 1. The molecule has 0 saturated heterocycles. The van der Waals surface area contributed by atoms with Gasteiger partial charge in [-0.15, -0.1) is 0 Å². The average molecular weight is 276 g/mol. The van der Waals surface area contributed by atoms with Gasteiger partial charge < -0.3 is 10.0 Å². The molecule has 0 unspecified atom stereocenters. The first-order chi connectivity index (χ1) is 7.06. The summed E-state index contributed by atoms with van der Waals surface area (Å²) in [4.78, 5) is 15.7. The van der Waals surface area contributed by atoms with Gasteiger partial charge >= 0.3 is 5.69 Å². The zero-order chi connectivity index (χ0) is 11.4. The molecular weight excluding hydrogens is 266 g/mol. The molecule has 1 rings (SSSR count). The van der Waals surface area contributed by atoms with Crippen LogP contribution in [-0.4, -0.2) is 35.2 Å². The minimum Gasteiger partial charge on any atom is -0.395 e. The molecule has 15 heavy (non-hydrogen) atoms. The Hall–Kier alpha value is -1.21. The van der Waals surface area contributed by atoms with Crippen molar-refractivity contribution in [3.8, 4) is 0 Å². The maximum absolute atomic E-state index is 10.7. The zero-order valence-electron chi connectivity index (χ0n) is 8.05. The third kappa shape index (κ3) is 2.87. The van der Waals surface area contributed by atoms with Crippen molar-refractivity contribution in [2.45, 2.75) is 0 Å². The number of hydrogen-bond acceptors (Lipinski definition) is 5. The summed E-state index contributed by atoms with van der Waals surface area (Å²) in [5, 5.41) is 19.5. The Morgan fingerprint density at radius 1 is 1.73 bits per heavy atom. The molecule has 1 heterocycles. The monoisotopic (exact) mass is 275 g/mol. The molecule has 1 N–H and O–H groups in total. The third-order valence-electron chi connectivity index (χ3n) is 1.81. The minimum absolute atomic E-state index is 0.0780. The van der Waals surface area contributed by atoms with Gasteiger partial charge in [0.15, 0.2) is 0 Å². The van der Waals surface area contributed by atoms with Crippen molar-refractivity contribution in [2.75, 3.05) is 25.1 Å². The number of hydrogen-bond donors (Lipinski definition) is 1. The summed E-state index contributed by atoms with van der Waals surface area (Å²) in [6.07, 6.45) is 1.48. The number of rotatable bonds is 4. The summed E-state index contributed by atoms with van der Waals surface area (Å²) in [5.41, 5.74) is -0.0830. The summed E-state index contributed by atoms with van der Waals surface area (Å²) < 4.78 is 0.551. The number of aromatic nitrogens is 1. The van der Waals surface area contributed by atoms with Crippen molar-refractivity contribution in [1.82, 2.24) is 4.98 Å². The molecule has 1 aromatic heterocycles. The van der Waals surface area contributed by atoms with Crippen LogP contribution in [0.25, 0.3) is 0 Å². The maximum atomic E-state index is 10.7. The number of likely N-dealkylation sites (N-methyl/N-ethyl adjacent to an activating group) is 1. The van der Waals surface area contributed by atoms with Gasteiger partial charge in [0.2, 0.25) is 5.82 Å². The molecule has 0 spiro atoms. The average Bonchev–Trinajstić information content (AvgIpc) is 2.17. The highest BCUT2D eigenvalue weighted by Gasteiger charge is 2.18. The molecule has 82 valence electrons. The van der Waals surface area contributed by atoms with Crippen molar-refractivity contribution >= 4 is 27.4 Å². The van der Waals surface area contributed by atoms with Gasteiger partial charge in [-0.3, -0.25) is 10.1 Å². The molecule has 0 aromatic carbocycles. The lowest BCUT2D eigenvalue weighted by atomic mass is 10.3. The van der Waals surface area contributed by atoms with E-state index in [4.69, 9.17) is 5.11 Å². The normalized spacial score (nSPS) is 10.1. The first kappa shape index (κ1) is 11.9. The highest BCUT2D eigenvalue weighted by Crippen LogP contribution is 2.27. The van der Waals surface area contributed by atoms with Gasteiger partial charge in [-0.25, -0.2) is 4.98 Å². The van der Waals surface area contributed by atoms with Gasteiger partial charge in [0.05, 0.1) is 11.5 Å². The molecule has 7 heteroatoms. The Balaban J connectivity index is 3.10. The van der Waals surface area contributed by atoms with Gasteiger partial charge in [-0.1, -0.05) is 0 Å². The van der Waals surface area contributed by atoms with Crippen LogP contribution < -0.4 is 4.90 Å². The Morgan fingerprint density at radius 2 is 2.40 bits per heavy atom. The van der Waals surface area contributed by atoms with Crippen LogP contribution in [-0.2, 0) is 0 Å². The van der Waals surface area contributed by atoms with E-state index >= 15 is 0 Å². The van der Waals surface area contributed by atoms with Gasteiger partial charge in [0.1, 0.15) is 0 Å². The minimum atomic E-state index is -0.499.